The van der Waals surface area contributed by atoms with Gasteiger partial charge in [0.25, 0.3) is 11.8 Å². The van der Waals surface area contributed by atoms with E-state index < -0.39 is 21.7 Å². The number of hydrogen-bond donors (Lipinski definition) is 0. The molecule has 1 aromatic rings. The predicted molar refractivity (Wildman–Crippen MR) is 95.9 cm³/mol. The highest BCUT2D eigenvalue weighted by Crippen LogP contribution is 2.26. The van der Waals surface area contributed by atoms with Gasteiger partial charge in [-0.25, -0.2) is 8.42 Å². The van der Waals surface area contributed by atoms with Gasteiger partial charge in [-0.05, 0) is 31.5 Å². The topological polar surface area (TPSA) is 91.8 Å². The van der Waals surface area contributed by atoms with Crippen LogP contribution in [-0.2, 0) is 14.6 Å². The molecule has 1 unspecified atom stereocenters. The number of rotatable bonds is 5. The first kappa shape index (κ1) is 18.8. The molecule has 0 N–H and O–H groups in total. The van der Waals surface area contributed by atoms with Crippen LogP contribution in [0.25, 0.3) is 0 Å². The van der Waals surface area contributed by atoms with Gasteiger partial charge in [0.15, 0.2) is 9.84 Å². The second-order valence-electron chi connectivity index (χ2n) is 6.44. The third-order valence-corrected chi connectivity index (χ3v) is 6.78. The van der Waals surface area contributed by atoms with E-state index >= 15 is 0 Å². The Morgan fingerprint density at radius 3 is 2.58 bits per heavy atom. The first-order chi connectivity index (χ1) is 12.2. The van der Waals surface area contributed by atoms with Gasteiger partial charge in [0.1, 0.15) is 0 Å². The van der Waals surface area contributed by atoms with Gasteiger partial charge in [-0.1, -0.05) is 11.6 Å². The number of fused-ring (bicyclic) bond motifs is 1. The minimum atomic E-state index is -3.10. The molecule has 0 saturated carbocycles. The number of carbonyl (C=O) groups excluding carboxylic acids is 3. The Morgan fingerprint density at radius 1 is 1.27 bits per heavy atom. The Hall–Kier alpha value is -1.93. The summed E-state index contributed by atoms with van der Waals surface area (Å²) >= 11 is 5.88. The molecule has 26 heavy (non-hydrogen) atoms. The maximum Gasteiger partial charge on any atom is 0.261 e. The zero-order valence-electron chi connectivity index (χ0n) is 14.3. The summed E-state index contributed by atoms with van der Waals surface area (Å²) < 4.78 is 23.3. The van der Waals surface area contributed by atoms with Gasteiger partial charge in [0, 0.05) is 30.6 Å². The van der Waals surface area contributed by atoms with E-state index in [0.29, 0.717) is 18.0 Å². The van der Waals surface area contributed by atoms with E-state index in [1.807, 2.05) is 0 Å². The maximum absolute atomic E-state index is 12.5. The van der Waals surface area contributed by atoms with Gasteiger partial charge < -0.3 is 4.90 Å². The van der Waals surface area contributed by atoms with Crippen molar-refractivity contribution < 1.29 is 22.8 Å². The highest BCUT2D eigenvalue weighted by molar-refractivity contribution is 7.91. The molecule has 0 bridgehead atoms. The number of nitrogens with zero attached hydrogens (tertiary/aromatic N) is 2. The lowest BCUT2D eigenvalue weighted by atomic mass is 10.1. The molecule has 2 heterocycles. The fourth-order valence-corrected chi connectivity index (χ4v) is 5.38. The van der Waals surface area contributed by atoms with Crippen LogP contribution in [-0.4, -0.2) is 66.6 Å². The van der Waals surface area contributed by atoms with E-state index in [-0.39, 0.29) is 47.5 Å². The zero-order chi connectivity index (χ0) is 19.1. The quantitative estimate of drug-likeness (QED) is 0.698. The molecule has 9 heteroatoms. The molecule has 2 aliphatic rings. The number of carbonyl (C=O) groups is 3. The van der Waals surface area contributed by atoms with Crippen molar-refractivity contribution in [2.75, 3.05) is 24.6 Å². The van der Waals surface area contributed by atoms with Crippen LogP contribution in [0.15, 0.2) is 18.2 Å². The van der Waals surface area contributed by atoms with Crippen LogP contribution in [0.1, 0.15) is 40.5 Å². The Bertz CT molecular complexity index is 883. The van der Waals surface area contributed by atoms with E-state index in [1.54, 1.807) is 13.0 Å². The minimum absolute atomic E-state index is 0.0297. The average molecular weight is 399 g/mol. The Morgan fingerprint density at radius 2 is 1.96 bits per heavy atom. The first-order valence-electron chi connectivity index (χ1n) is 8.39. The second-order valence-corrected chi connectivity index (χ2v) is 9.10. The third kappa shape index (κ3) is 3.48. The van der Waals surface area contributed by atoms with Gasteiger partial charge in [-0.15, -0.1) is 0 Å². The Balaban J connectivity index is 1.66. The molecular formula is C17H19ClN2O5S. The number of halogens is 1. The monoisotopic (exact) mass is 398 g/mol. The summed E-state index contributed by atoms with van der Waals surface area (Å²) in [5.74, 6) is -1.12. The molecule has 0 aromatic heterocycles. The SMILES string of the molecule is CCN(C(=O)CCN1C(=O)c2ccc(Cl)cc2C1=O)C1CCS(=O)(=O)C1. The number of hydrogen-bond acceptors (Lipinski definition) is 5. The van der Waals surface area contributed by atoms with Crippen LogP contribution >= 0.6 is 11.6 Å². The van der Waals surface area contributed by atoms with E-state index in [2.05, 4.69) is 0 Å². The Kier molecular flexibility index (Phi) is 5.07. The molecule has 140 valence electrons. The molecular weight excluding hydrogens is 380 g/mol. The molecule has 7 nitrogen and oxygen atoms in total. The highest BCUT2D eigenvalue weighted by atomic mass is 35.5. The van der Waals surface area contributed by atoms with E-state index in [4.69, 9.17) is 11.6 Å². The van der Waals surface area contributed by atoms with Crippen molar-refractivity contribution >= 4 is 39.2 Å². The van der Waals surface area contributed by atoms with Crippen molar-refractivity contribution in [3.8, 4) is 0 Å². The zero-order valence-corrected chi connectivity index (χ0v) is 15.8. The molecule has 1 atom stereocenters. The molecule has 0 spiro atoms. The number of sulfone groups is 1. The third-order valence-electron chi connectivity index (χ3n) is 4.79. The summed E-state index contributed by atoms with van der Waals surface area (Å²) in [5.41, 5.74) is 0.519. The lowest BCUT2D eigenvalue weighted by molar-refractivity contribution is -0.132. The molecule has 1 fully saturated rings. The van der Waals surface area contributed by atoms with Crippen LogP contribution in [0.3, 0.4) is 0 Å². The molecule has 1 saturated heterocycles. The second kappa shape index (κ2) is 7.00. The standard InChI is InChI=1S/C17H19ClN2O5S/c1-2-19(12-6-8-26(24,25)10-12)15(21)5-7-20-16(22)13-4-3-11(18)9-14(13)17(20)23/h3-4,9,12H,2,5-8,10H2,1H3. The van der Waals surface area contributed by atoms with Crippen LogP contribution < -0.4 is 0 Å². The van der Waals surface area contributed by atoms with Gasteiger partial charge in [-0.2, -0.15) is 0 Å². The average Bonchev–Trinajstić information content (AvgIpc) is 3.04. The van der Waals surface area contributed by atoms with Crippen LogP contribution in [0, 0.1) is 0 Å². The predicted octanol–water partition coefficient (Wildman–Crippen LogP) is 1.36. The molecule has 3 rings (SSSR count). The summed E-state index contributed by atoms with van der Waals surface area (Å²) in [6.07, 6.45) is 0.386. The molecule has 1 aromatic carbocycles. The van der Waals surface area contributed by atoms with E-state index in [0.717, 1.165) is 4.90 Å². The van der Waals surface area contributed by atoms with E-state index in [9.17, 15) is 22.8 Å². The van der Waals surface area contributed by atoms with Crippen molar-refractivity contribution in [1.82, 2.24) is 9.80 Å². The van der Waals surface area contributed by atoms with Gasteiger partial charge >= 0.3 is 0 Å². The van der Waals surface area contributed by atoms with Crippen molar-refractivity contribution in [3.63, 3.8) is 0 Å². The van der Waals surface area contributed by atoms with Crippen molar-refractivity contribution in [2.24, 2.45) is 0 Å². The number of amides is 3. The molecule has 2 aliphatic heterocycles. The van der Waals surface area contributed by atoms with Crippen LogP contribution in [0.2, 0.25) is 5.02 Å². The summed E-state index contributed by atoms with van der Waals surface area (Å²) in [6.45, 7) is 2.13. The van der Waals surface area contributed by atoms with Gasteiger partial charge in [0.2, 0.25) is 5.91 Å². The summed E-state index contributed by atoms with van der Waals surface area (Å²) in [4.78, 5) is 39.9. The summed E-state index contributed by atoms with van der Waals surface area (Å²) in [6, 6.07) is 4.15. The lowest BCUT2D eigenvalue weighted by Crippen LogP contribution is -2.43. The smallest absolute Gasteiger partial charge is 0.261 e. The fourth-order valence-electron chi connectivity index (χ4n) is 3.48. The minimum Gasteiger partial charge on any atom is -0.339 e. The fraction of sp³-hybridized carbons (Fsp3) is 0.471. The van der Waals surface area contributed by atoms with Crippen molar-refractivity contribution in [1.29, 1.82) is 0 Å². The maximum atomic E-state index is 12.5. The van der Waals surface area contributed by atoms with E-state index in [1.165, 1.54) is 17.0 Å². The first-order valence-corrected chi connectivity index (χ1v) is 10.6. The number of imide groups is 1. The van der Waals surface area contributed by atoms with Gasteiger partial charge in [-0.3, -0.25) is 19.3 Å². The molecule has 0 aliphatic carbocycles. The Labute approximate surface area is 156 Å². The van der Waals surface area contributed by atoms with Crippen LogP contribution in [0.4, 0.5) is 0 Å². The lowest BCUT2D eigenvalue weighted by Gasteiger charge is -2.27. The normalized spacial score (nSPS) is 21.2. The van der Waals surface area contributed by atoms with Crippen LogP contribution in [0.5, 0.6) is 0 Å². The summed E-state index contributed by atoms with van der Waals surface area (Å²) in [5, 5.41) is 0.363. The van der Waals surface area contributed by atoms with Crippen molar-refractivity contribution in [2.45, 2.75) is 25.8 Å². The largest absolute Gasteiger partial charge is 0.339 e. The molecule has 0 radical (unpaired) electrons. The molecule has 3 amide bonds. The van der Waals surface area contributed by atoms with Gasteiger partial charge in [0.05, 0.1) is 22.6 Å². The number of benzene rings is 1. The summed E-state index contributed by atoms with van der Waals surface area (Å²) in [7, 11) is -3.10. The highest BCUT2D eigenvalue weighted by Gasteiger charge is 2.37. The van der Waals surface area contributed by atoms with Crippen molar-refractivity contribution in [3.05, 3.63) is 34.3 Å².